The van der Waals surface area contributed by atoms with Gasteiger partial charge in [0.05, 0.1) is 6.20 Å². The molecule has 1 amide bonds. The predicted molar refractivity (Wildman–Crippen MR) is 65.6 cm³/mol. The van der Waals surface area contributed by atoms with Crippen LogP contribution in [0.2, 0.25) is 0 Å². The quantitative estimate of drug-likeness (QED) is 0.781. The highest BCUT2D eigenvalue weighted by atomic mass is 16.1. The predicted octanol–water partition coefficient (Wildman–Crippen LogP) is 0.748. The standard InChI is InChI=1S/C12H16N4O/c1-2-12(17)15-10-4-3-7-16(9-10)11-8-13-5-6-14-11/h2,5-6,8,10H,1,3-4,7,9H2,(H,15,17). The number of carbonyl (C=O) groups excluding carboxylic acids is 1. The molecular formula is C12H16N4O. The van der Waals surface area contributed by atoms with Crippen LogP contribution in [0, 0.1) is 0 Å². The van der Waals surface area contributed by atoms with Gasteiger partial charge in [-0.1, -0.05) is 6.58 Å². The number of nitrogens with zero attached hydrogens (tertiary/aromatic N) is 3. The molecule has 1 aromatic heterocycles. The van der Waals surface area contributed by atoms with Gasteiger partial charge in [0.2, 0.25) is 5.91 Å². The third-order valence-electron chi connectivity index (χ3n) is 2.83. The fourth-order valence-electron chi connectivity index (χ4n) is 2.02. The van der Waals surface area contributed by atoms with E-state index in [-0.39, 0.29) is 11.9 Å². The lowest BCUT2D eigenvalue weighted by molar-refractivity contribution is -0.117. The fraction of sp³-hybridized carbons (Fsp3) is 0.417. The van der Waals surface area contributed by atoms with Gasteiger partial charge < -0.3 is 10.2 Å². The third-order valence-corrected chi connectivity index (χ3v) is 2.83. The largest absolute Gasteiger partial charge is 0.353 e. The Morgan fingerprint density at radius 1 is 1.59 bits per heavy atom. The summed E-state index contributed by atoms with van der Waals surface area (Å²) in [6, 6.07) is 0.163. The molecule has 2 heterocycles. The van der Waals surface area contributed by atoms with E-state index in [0.717, 1.165) is 31.7 Å². The van der Waals surface area contributed by atoms with Crippen LogP contribution in [0.25, 0.3) is 0 Å². The average Bonchev–Trinajstić information content (AvgIpc) is 2.40. The van der Waals surface area contributed by atoms with Crippen molar-refractivity contribution >= 4 is 11.7 Å². The van der Waals surface area contributed by atoms with Gasteiger partial charge in [-0.05, 0) is 18.9 Å². The first-order valence-corrected chi connectivity index (χ1v) is 5.73. The maximum Gasteiger partial charge on any atom is 0.243 e. The van der Waals surface area contributed by atoms with Crippen LogP contribution in [-0.2, 0) is 4.79 Å². The van der Waals surface area contributed by atoms with Gasteiger partial charge in [0.1, 0.15) is 5.82 Å². The first-order chi connectivity index (χ1) is 8.29. The number of rotatable bonds is 3. The van der Waals surface area contributed by atoms with Crippen molar-refractivity contribution in [2.75, 3.05) is 18.0 Å². The van der Waals surface area contributed by atoms with Crippen molar-refractivity contribution in [3.05, 3.63) is 31.2 Å². The molecule has 2 rings (SSSR count). The summed E-state index contributed by atoms with van der Waals surface area (Å²) in [4.78, 5) is 21.7. The minimum atomic E-state index is -0.115. The second-order valence-electron chi connectivity index (χ2n) is 4.06. The highest BCUT2D eigenvalue weighted by molar-refractivity contribution is 5.87. The van der Waals surface area contributed by atoms with E-state index in [1.165, 1.54) is 6.08 Å². The lowest BCUT2D eigenvalue weighted by Gasteiger charge is -2.33. The van der Waals surface area contributed by atoms with E-state index >= 15 is 0 Å². The number of amides is 1. The van der Waals surface area contributed by atoms with E-state index in [4.69, 9.17) is 0 Å². The van der Waals surface area contributed by atoms with Crippen molar-refractivity contribution in [2.24, 2.45) is 0 Å². The summed E-state index contributed by atoms with van der Waals surface area (Å²) in [5, 5.41) is 2.92. The Bertz CT molecular complexity index is 393. The lowest BCUT2D eigenvalue weighted by atomic mass is 10.1. The molecule has 1 atom stereocenters. The molecule has 1 N–H and O–H groups in total. The zero-order chi connectivity index (χ0) is 12.1. The number of anilines is 1. The normalized spacial score (nSPS) is 19.8. The molecule has 1 saturated heterocycles. The van der Waals surface area contributed by atoms with Crippen LogP contribution >= 0.6 is 0 Å². The first-order valence-electron chi connectivity index (χ1n) is 5.73. The molecule has 1 aromatic rings. The Labute approximate surface area is 101 Å². The molecule has 1 aliphatic rings. The van der Waals surface area contributed by atoms with Gasteiger partial charge in [0.25, 0.3) is 0 Å². The smallest absolute Gasteiger partial charge is 0.243 e. The topological polar surface area (TPSA) is 58.1 Å². The molecule has 1 aliphatic heterocycles. The van der Waals surface area contributed by atoms with Crippen LogP contribution in [0.3, 0.4) is 0 Å². The van der Waals surface area contributed by atoms with Crippen molar-refractivity contribution in [3.8, 4) is 0 Å². The fourth-order valence-corrected chi connectivity index (χ4v) is 2.02. The number of carbonyl (C=O) groups is 1. The summed E-state index contributed by atoms with van der Waals surface area (Å²) in [5.41, 5.74) is 0. The second-order valence-corrected chi connectivity index (χ2v) is 4.06. The maximum atomic E-state index is 11.2. The average molecular weight is 232 g/mol. The van der Waals surface area contributed by atoms with E-state index in [1.807, 2.05) is 0 Å². The summed E-state index contributed by atoms with van der Waals surface area (Å²) < 4.78 is 0. The van der Waals surface area contributed by atoms with Gasteiger partial charge in [0, 0.05) is 31.5 Å². The first kappa shape index (κ1) is 11.6. The Morgan fingerprint density at radius 2 is 2.47 bits per heavy atom. The van der Waals surface area contributed by atoms with E-state index < -0.39 is 0 Å². The van der Waals surface area contributed by atoms with Crippen LogP contribution < -0.4 is 10.2 Å². The number of hydrogen-bond acceptors (Lipinski definition) is 4. The zero-order valence-corrected chi connectivity index (χ0v) is 9.67. The molecule has 1 fully saturated rings. The lowest BCUT2D eigenvalue weighted by Crippen LogP contribution is -2.47. The zero-order valence-electron chi connectivity index (χ0n) is 9.67. The van der Waals surface area contributed by atoms with E-state index in [2.05, 4.69) is 26.8 Å². The summed E-state index contributed by atoms with van der Waals surface area (Å²) >= 11 is 0. The summed E-state index contributed by atoms with van der Waals surface area (Å²) in [6.45, 7) is 5.19. The minimum Gasteiger partial charge on any atom is -0.353 e. The third kappa shape index (κ3) is 3.03. The molecule has 5 heteroatoms. The number of aromatic nitrogens is 2. The van der Waals surface area contributed by atoms with Crippen molar-refractivity contribution in [3.63, 3.8) is 0 Å². The van der Waals surface area contributed by atoms with Crippen LogP contribution in [-0.4, -0.2) is 35.0 Å². The van der Waals surface area contributed by atoms with Gasteiger partial charge in [-0.15, -0.1) is 0 Å². The maximum absolute atomic E-state index is 11.2. The summed E-state index contributed by atoms with van der Waals surface area (Å²) in [6.07, 6.45) is 8.43. The molecule has 0 bridgehead atoms. The van der Waals surface area contributed by atoms with Gasteiger partial charge in [0.15, 0.2) is 0 Å². The Hall–Kier alpha value is -1.91. The molecule has 0 aromatic carbocycles. The number of nitrogens with one attached hydrogen (secondary N) is 1. The van der Waals surface area contributed by atoms with Gasteiger partial charge >= 0.3 is 0 Å². The molecule has 17 heavy (non-hydrogen) atoms. The summed E-state index contributed by atoms with van der Waals surface area (Å²) in [7, 11) is 0. The van der Waals surface area contributed by atoms with Crippen LogP contribution in [0.5, 0.6) is 0 Å². The van der Waals surface area contributed by atoms with Gasteiger partial charge in [-0.25, -0.2) is 4.98 Å². The molecule has 90 valence electrons. The Balaban J connectivity index is 1.97. The van der Waals surface area contributed by atoms with Crippen molar-refractivity contribution in [1.29, 1.82) is 0 Å². The van der Waals surface area contributed by atoms with E-state index in [1.54, 1.807) is 18.6 Å². The highest BCUT2D eigenvalue weighted by Crippen LogP contribution is 2.16. The molecular weight excluding hydrogens is 216 g/mol. The summed E-state index contributed by atoms with van der Waals surface area (Å²) in [5.74, 6) is 0.751. The van der Waals surface area contributed by atoms with Crippen LogP contribution in [0.4, 0.5) is 5.82 Å². The molecule has 0 spiro atoms. The number of piperidine rings is 1. The Morgan fingerprint density at radius 3 is 3.18 bits per heavy atom. The second kappa shape index (κ2) is 5.43. The SMILES string of the molecule is C=CC(=O)NC1CCCN(c2cnccn2)C1. The molecule has 0 radical (unpaired) electrons. The van der Waals surface area contributed by atoms with Crippen LogP contribution in [0.15, 0.2) is 31.2 Å². The molecule has 0 aliphatic carbocycles. The highest BCUT2D eigenvalue weighted by Gasteiger charge is 2.21. The van der Waals surface area contributed by atoms with Crippen molar-refractivity contribution in [2.45, 2.75) is 18.9 Å². The monoisotopic (exact) mass is 232 g/mol. The van der Waals surface area contributed by atoms with Gasteiger partial charge in [-0.3, -0.25) is 9.78 Å². The number of hydrogen-bond donors (Lipinski definition) is 1. The van der Waals surface area contributed by atoms with Gasteiger partial charge in [-0.2, -0.15) is 0 Å². The molecule has 1 unspecified atom stereocenters. The molecule has 5 nitrogen and oxygen atoms in total. The van der Waals surface area contributed by atoms with Crippen molar-refractivity contribution in [1.82, 2.24) is 15.3 Å². The minimum absolute atomic E-state index is 0.115. The van der Waals surface area contributed by atoms with Crippen molar-refractivity contribution < 1.29 is 4.79 Å². The van der Waals surface area contributed by atoms with Crippen LogP contribution in [0.1, 0.15) is 12.8 Å². The van der Waals surface area contributed by atoms with E-state index in [9.17, 15) is 4.79 Å². The Kier molecular flexibility index (Phi) is 3.69. The van der Waals surface area contributed by atoms with E-state index in [0.29, 0.717) is 0 Å². The molecule has 0 saturated carbocycles.